The number of esters is 3. The van der Waals surface area contributed by atoms with Gasteiger partial charge < -0.3 is 14.2 Å². The summed E-state index contributed by atoms with van der Waals surface area (Å²) in [7, 11) is 0. The minimum Gasteiger partial charge on any atom is -0.462 e. The first-order chi connectivity index (χ1) is 30.5. The van der Waals surface area contributed by atoms with Gasteiger partial charge in [-0.05, 0) is 19.3 Å². The molecule has 0 aromatic rings. The van der Waals surface area contributed by atoms with E-state index >= 15 is 0 Å². The molecule has 6 heteroatoms. The Morgan fingerprint density at radius 3 is 0.645 bits per heavy atom. The SMILES string of the molecule is CCCCCCCCCCCCCCCCCCCCCCCCC(=O)OCC(COC(=O)CCCCCCCCCC)OC(=O)CCCCCCCCCCCCCCCC. The topological polar surface area (TPSA) is 78.9 Å². The van der Waals surface area contributed by atoms with Gasteiger partial charge in [-0.3, -0.25) is 14.4 Å². The van der Waals surface area contributed by atoms with Crippen LogP contribution in [0.2, 0.25) is 0 Å². The molecule has 0 saturated heterocycles. The summed E-state index contributed by atoms with van der Waals surface area (Å²) in [5.74, 6) is -0.842. The predicted molar refractivity (Wildman–Crippen MR) is 266 cm³/mol. The highest BCUT2D eigenvalue weighted by Crippen LogP contribution is 2.17. The zero-order valence-electron chi connectivity index (χ0n) is 42.2. The molecule has 0 aliphatic heterocycles. The zero-order chi connectivity index (χ0) is 45.1. The Balaban J connectivity index is 4.13. The molecule has 0 heterocycles. The van der Waals surface area contributed by atoms with Gasteiger partial charge >= 0.3 is 17.9 Å². The molecule has 0 N–H and O–H groups in total. The van der Waals surface area contributed by atoms with Crippen molar-refractivity contribution in [3.63, 3.8) is 0 Å². The van der Waals surface area contributed by atoms with E-state index in [4.69, 9.17) is 14.2 Å². The summed E-state index contributed by atoms with van der Waals surface area (Å²) in [6, 6.07) is 0. The van der Waals surface area contributed by atoms with E-state index in [1.807, 2.05) is 0 Å². The van der Waals surface area contributed by atoms with E-state index < -0.39 is 6.10 Å². The van der Waals surface area contributed by atoms with Crippen molar-refractivity contribution in [3.8, 4) is 0 Å². The average molecular weight is 877 g/mol. The molecule has 0 spiro atoms. The number of unbranched alkanes of at least 4 members (excludes halogenated alkanes) is 41. The molecule has 0 saturated carbocycles. The highest BCUT2D eigenvalue weighted by atomic mass is 16.6. The van der Waals surface area contributed by atoms with E-state index in [9.17, 15) is 14.4 Å². The molecule has 0 aromatic carbocycles. The van der Waals surface area contributed by atoms with Crippen LogP contribution in [0.5, 0.6) is 0 Å². The van der Waals surface area contributed by atoms with Gasteiger partial charge in [-0.15, -0.1) is 0 Å². The largest absolute Gasteiger partial charge is 0.462 e. The van der Waals surface area contributed by atoms with Crippen molar-refractivity contribution in [2.24, 2.45) is 0 Å². The van der Waals surface area contributed by atoms with E-state index in [1.54, 1.807) is 0 Å². The van der Waals surface area contributed by atoms with Crippen LogP contribution in [-0.2, 0) is 28.6 Å². The van der Waals surface area contributed by atoms with Gasteiger partial charge in [0.25, 0.3) is 0 Å². The quantitative estimate of drug-likeness (QED) is 0.0344. The first kappa shape index (κ1) is 60.4. The minimum atomic E-state index is -0.759. The van der Waals surface area contributed by atoms with Crippen molar-refractivity contribution in [2.45, 2.75) is 329 Å². The molecular weight excluding hydrogens is 769 g/mol. The second-order valence-electron chi connectivity index (χ2n) is 19.2. The molecule has 0 amide bonds. The van der Waals surface area contributed by atoms with Crippen LogP contribution in [-0.4, -0.2) is 37.2 Å². The van der Waals surface area contributed by atoms with Crippen LogP contribution in [0.1, 0.15) is 323 Å². The van der Waals surface area contributed by atoms with Crippen LogP contribution < -0.4 is 0 Å². The maximum atomic E-state index is 12.8. The number of hydrogen-bond donors (Lipinski definition) is 0. The van der Waals surface area contributed by atoms with Gasteiger partial charge in [0.1, 0.15) is 13.2 Å². The zero-order valence-corrected chi connectivity index (χ0v) is 42.2. The molecule has 0 bridgehead atoms. The summed E-state index contributed by atoms with van der Waals surface area (Å²) >= 11 is 0. The Morgan fingerprint density at radius 2 is 0.435 bits per heavy atom. The van der Waals surface area contributed by atoms with Crippen molar-refractivity contribution < 1.29 is 28.6 Å². The third-order valence-corrected chi connectivity index (χ3v) is 12.9. The van der Waals surface area contributed by atoms with E-state index in [-0.39, 0.29) is 31.1 Å². The maximum absolute atomic E-state index is 12.8. The predicted octanol–water partition coefficient (Wildman–Crippen LogP) is 18.4. The van der Waals surface area contributed by atoms with E-state index in [2.05, 4.69) is 20.8 Å². The van der Waals surface area contributed by atoms with Gasteiger partial charge in [0, 0.05) is 19.3 Å². The van der Waals surface area contributed by atoms with Gasteiger partial charge in [-0.2, -0.15) is 0 Å². The van der Waals surface area contributed by atoms with Gasteiger partial charge in [0.05, 0.1) is 0 Å². The van der Waals surface area contributed by atoms with Crippen LogP contribution in [0.15, 0.2) is 0 Å². The lowest BCUT2D eigenvalue weighted by Gasteiger charge is -2.18. The van der Waals surface area contributed by atoms with Crippen molar-refractivity contribution in [2.75, 3.05) is 13.2 Å². The second-order valence-corrected chi connectivity index (χ2v) is 19.2. The Morgan fingerprint density at radius 1 is 0.258 bits per heavy atom. The highest BCUT2D eigenvalue weighted by Gasteiger charge is 2.19. The fourth-order valence-corrected chi connectivity index (χ4v) is 8.62. The molecule has 0 aromatic heterocycles. The van der Waals surface area contributed by atoms with Crippen molar-refractivity contribution in [3.05, 3.63) is 0 Å². The molecule has 0 rings (SSSR count). The van der Waals surface area contributed by atoms with E-state index in [1.165, 1.54) is 225 Å². The summed E-state index contributed by atoms with van der Waals surface area (Å²) < 4.78 is 16.8. The second kappa shape index (κ2) is 52.0. The fraction of sp³-hybridized carbons (Fsp3) is 0.946. The molecule has 62 heavy (non-hydrogen) atoms. The standard InChI is InChI=1S/C56H108O6/c1-4-7-10-13-16-19-21-23-25-26-27-28-29-30-31-32-34-35-37-40-43-46-49-55(58)61-52-53(51-60-54(57)48-45-42-39-18-15-12-9-6-3)62-56(59)50-47-44-41-38-36-33-24-22-20-17-14-11-8-5-2/h53H,4-52H2,1-3H3. The average Bonchev–Trinajstić information content (AvgIpc) is 3.27. The van der Waals surface area contributed by atoms with Gasteiger partial charge in [0.15, 0.2) is 6.10 Å². The lowest BCUT2D eigenvalue weighted by atomic mass is 10.0. The molecule has 368 valence electrons. The van der Waals surface area contributed by atoms with Crippen LogP contribution in [0.4, 0.5) is 0 Å². The summed E-state index contributed by atoms with van der Waals surface area (Å²) in [6.07, 6.45) is 56.8. The maximum Gasteiger partial charge on any atom is 0.306 e. The van der Waals surface area contributed by atoms with E-state index in [0.717, 1.165) is 57.8 Å². The summed E-state index contributed by atoms with van der Waals surface area (Å²) in [4.78, 5) is 37.9. The monoisotopic (exact) mass is 877 g/mol. The minimum absolute atomic E-state index is 0.0618. The molecule has 0 aliphatic rings. The van der Waals surface area contributed by atoms with Crippen LogP contribution in [0.3, 0.4) is 0 Å². The van der Waals surface area contributed by atoms with Crippen molar-refractivity contribution >= 4 is 17.9 Å². The Kier molecular flexibility index (Phi) is 50.7. The van der Waals surface area contributed by atoms with Gasteiger partial charge in [-0.25, -0.2) is 0 Å². The third kappa shape index (κ3) is 49.4. The number of carbonyl (C=O) groups excluding carboxylic acids is 3. The first-order valence-corrected chi connectivity index (χ1v) is 28.0. The van der Waals surface area contributed by atoms with Crippen LogP contribution in [0, 0.1) is 0 Å². The van der Waals surface area contributed by atoms with Crippen LogP contribution >= 0.6 is 0 Å². The molecule has 1 unspecified atom stereocenters. The Labute approximate surface area is 387 Å². The Bertz CT molecular complexity index is 920. The molecule has 0 aliphatic carbocycles. The Hall–Kier alpha value is -1.59. The number of hydrogen-bond acceptors (Lipinski definition) is 6. The molecule has 1 atom stereocenters. The molecular formula is C56H108O6. The summed E-state index contributed by atoms with van der Waals surface area (Å²) in [5, 5.41) is 0. The molecule has 0 radical (unpaired) electrons. The van der Waals surface area contributed by atoms with E-state index in [0.29, 0.717) is 19.3 Å². The smallest absolute Gasteiger partial charge is 0.306 e. The fourth-order valence-electron chi connectivity index (χ4n) is 8.62. The lowest BCUT2D eigenvalue weighted by Crippen LogP contribution is -2.30. The number of carbonyl (C=O) groups is 3. The van der Waals surface area contributed by atoms with Gasteiger partial charge in [-0.1, -0.05) is 284 Å². The molecule has 0 fully saturated rings. The lowest BCUT2D eigenvalue weighted by molar-refractivity contribution is -0.167. The summed E-state index contributed by atoms with van der Waals surface area (Å²) in [5.41, 5.74) is 0. The van der Waals surface area contributed by atoms with Crippen molar-refractivity contribution in [1.29, 1.82) is 0 Å². The van der Waals surface area contributed by atoms with Crippen LogP contribution in [0.25, 0.3) is 0 Å². The third-order valence-electron chi connectivity index (χ3n) is 12.9. The first-order valence-electron chi connectivity index (χ1n) is 28.0. The van der Waals surface area contributed by atoms with Crippen molar-refractivity contribution in [1.82, 2.24) is 0 Å². The highest BCUT2D eigenvalue weighted by molar-refractivity contribution is 5.71. The number of ether oxygens (including phenoxy) is 3. The summed E-state index contributed by atoms with van der Waals surface area (Å²) in [6.45, 7) is 6.67. The molecule has 6 nitrogen and oxygen atoms in total. The van der Waals surface area contributed by atoms with Gasteiger partial charge in [0.2, 0.25) is 0 Å². The normalized spacial score (nSPS) is 11.9. The number of rotatable bonds is 52.